The summed E-state index contributed by atoms with van der Waals surface area (Å²) >= 11 is 1.46. The molecule has 3 aromatic rings. The number of rotatable bonds is 4. The standard InChI is InChI=1S/C21H22N4OS/c1-14-8-4-6-10-17(14)19-22-23-21(24(19)3)27-15(2)20(26)25-13-12-16-9-5-7-11-18(16)25/h4-11,15H,12-13H2,1-3H3/t15-/m1/s1. The molecule has 0 saturated heterocycles. The molecule has 2 aromatic carbocycles. The first kappa shape index (κ1) is 17.8. The predicted octanol–water partition coefficient (Wildman–Crippen LogP) is 3.86. The second kappa shape index (κ2) is 7.19. The molecule has 0 N–H and O–H groups in total. The highest BCUT2D eigenvalue weighted by Gasteiger charge is 2.29. The molecule has 1 aliphatic heterocycles. The summed E-state index contributed by atoms with van der Waals surface area (Å²) in [4.78, 5) is 14.9. The fraction of sp³-hybridized carbons (Fsp3) is 0.286. The van der Waals surface area contributed by atoms with Gasteiger partial charge in [-0.15, -0.1) is 10.2 Å². The largest absolute Gasteiger partial charge is 0.311 e. The number of para-hydroxylation sites is 1. The Hall–Kier alpha value is -2.60. The second-order valence-corrected chi connectivity index (χ2v) is 8.12. The van der Waals surface area contributed by atoms with Crippen molar-refractivity contribution in [2.75, 3.05) is 11.4 Å². The van der Waals surface area contributed by atoms with Crippen molar-refractivity contribution in [1.82, 2.24) is 14.8 Å². The van der Waals surface area contributed by atoms with Crippen LogP contribution < -0.4 is 4.90 Å². The van der Waals surface area contributed by atoms with E-state index in [4.69, 9.17) is 0 Å². The topological polar surface area (TPSA) is 51.0 Å². The van der Waals surface area contributed by atoms with Crippen LogP contribution in [0, 0.1) is 6.92 Å². The number of aromatic nitrogens is 3. The van der Waals surface area contributed by atoms with Crippen LogP contribution in [0.3, 0.4) is 0 Å². The number of hydrogen-bond acceptors (Lipinski definition) is 4. The van der Waals surface area contributed by atoms with E-state index in [1.165, 1.54) is 17.3 Å². The lowest BCUT2D eigenvalue weighted by Crippen LogP contribution is -2.35. The summed E-state index contributed by atoms with van der Waals surface area (Å²) in [5.74, 6) is 0.937. The van der Waals surface area contributed by atoms with E-state index >= 15 is 0 Å². The summed E-state index contributed by atoms with van der Waals surface area (Å²) in [7, 11) is 1.95. The van der Waals surface area contributed by atoms with Gasteiger partial charge in [0.25, 0.3) is 0 Å². The lowest BCUT2D eigenvalue weighted by Gasteiger charge is -2.21. The first-order valence-corrected chi connectivity index (χ1v) is 9.95. The molecule has 1 aliphatic rings. The minimum absolute atomic E-state index is 0.116. The van der Waals surface area contributed by atoms with Gasteiger partial charge >= 0.3 is 0 Å². The predicted molar refractivity (Wildman–Crippen MR) is 109 cm³/mol. The maximum absolute atomic E-state index is 13.0. The average molecular weight is 379 g/mol. The van der Waals surface area contributed by atoms with E-state index in [2.05, 4.69) is 29.3 Å². The van der Waals surface area contributed by atoms with Crippen LogP contribution >= 0.6 is 11.8 Å². The third-order valence-electron chi connectivity index (χ3n) is 5.00. The molecule has 1 atom stereocenters. The van der Waals surface area contributed by atoms with Crippen molar-refractivity contribution in [2.24, 2.45) is 7.05 Å². The van der Waals surface area contributed by atoms with Gasteiger partial charge in [-0.3, -0.25) is 4.79 Å². The fourth-order valence-corrected chi connectivity index (χ4v) is 4.35. The highest BCUT2D eigenvalue weighted by atomic mass is 32.2. The van der Waals surface area contributed by atoms with Crippen molar-refractivity contribution in [3.63, 3.8) is 0 Å². The maximum atomic E-state index is 13.0. The molecule has 0 bridgehead atoms. The van der Waals surface area contributed by atoms with Gasteiger partial charge in [0.15, 0.2) is 11.0 Å². The lowest BCUT2D eigenvalue weighted by molar-refractivity contribution is -0.117. The van der Waals surface area contributed by atoms with Crippen molar-refractivity contribution in [3.8, 4) is 11.4 Å². The van der Waals surface area contributed by atoms with Gasteiger partial charge in [0.2, 0.25) is 5.91 Å². The molecule has 1 amide bonds. The Balaban J connectivity index is 1.53. The third kappa shape index (κ3) is 3.25. The van der Waals surface area contributed by atoms with Gasteiger partial charge in [-0.25, -0.2) is 0 Å². The van der Waals surface area contributed by atoms with E-state index in [0.717, 1.165) is 40.8 Å². The molecule has 5 nitrogen and oxygen atoms in total. The summed E-state index contributed by atoms with van der Waals surface area (Å²) in [5, 5.41) is 9.21. The van der Waals surface area contributed by atoms with Crippen molar-refractivity contribution in [3.05, 3.63) is 59.7 Å². The molecule has 27 heavy (non-hydrogen) atoms. The van der Waals surface area contributed by atoms with Gasteiger partial charge in [-0.1, -0.05) is 54.2 Å². The number of benzene rings is 2. The summed E-state index contributed by atoms with van der Waals surface area (Å²) in [6, 6.07) is 16.3. The third-order valence-corrected chi connectivity index (χ3v) is 6.13. The molecule has 0 saturated carbocycles. The second-order valence-electron chi connectivity index (χ2n) is 6.81. The average Bonchev–Trinajstić information content (AvgIpc) is 3.26. The zero-order chi connectivity index (χ0) is 19.0. The Bertz CT molecular complexity index is 997. The normalized spacial score (nSPS) is 14.3. The van der Waals surface area contributed by atoms with Gasteiger partial charge in [-0.05, 0) is 37.5 Å². The first-order chi connectivity index (χ1) is 13.1. The smallest absolute Gasteiger partial charge is 0.240 e. The van der Waals surface area contributed by atoms with Gasteiger partial charge in [-0.2, -0.15) is 0 Å². The van der Waals surface area contributed by atoms with Crippen LogP contribution in [0.4, 0.5) is 5.69 Å². The molecule has 138 valence electrons. The van der Waals surface area contributed by atoms with Crippen molar-refractivity contribution >= 4 is 23.4 Å². The van der Waals surface area contributed by atoms with Gasteiger partial charge < -0.3 is 9.47 Å². The molecule has 2 heterocycles. The summed E-state index contributed by atoms with van der Waals surface area (Å²) in [6.07, 6.45) is 0.917. The Morgan fingerprint density at radius 2 is 1.85 bits per heavy atom. The zero-order valence-electron chi connectivity index (χ0n) is 15.7. The molecular formula is C21H22N4OS. The van der Waals surface area contributed by atoms with Crippen LogP contribution in [0.5, 0.6) is 0 Å². The number of carbonyl (C=O) groups is 1. The Kier molecular flexibility index (Phi) is 4.74. The molecule has 0 aliphatic carbocycles. The minimum Gasteiger partial charge on any atom is -0.311 e. The molecular weight excluding hydrogens is 356 g/mol. The van der Waals surface area contributed by atoms with E-state index in [0.29, 0.717) is 0 Å². The number of hydrogen-bond donors (Lipinski definition) is 0. The number of fused-ring (bicyclic) bond motifs is 1. The van der Waals surface area contributed by atoms with Gasteiger partial charge in [0.05, 0.1) is 5.25 Å². The number of amides is 1. The van der Waals surface area contributed by atoms with Crippen LogP contribution in [-0.4, -0.2) is 32.5 Å². The Morgan fingerprint density at radius 1 is 1.11 bits per heavy atom. The highest BCUT2D eigenvalue weighted by Crippen LogP contribution is 2.32. The van der Waals surface area contributed by atoms with Crippen molar-refractivity contribution in [1.29, 1.82) is 0 Å². The summed E-state index contributed by atoms with van der Waals surface area (Å²) < 4.78 is 1.97. The number of anilines is 1. The van der Waals surface area contributed by atoms with E-state index in [1.807, 2.05) is 59.8 Å². The summed E-state index contributed by atoms with van der Waals surface area (Å²) in [5.41, 5.74) is 4.49. The van der Waals surface area contributed by atoms with Crippen LogP contribution in [0.15, 0.2) is 53.7 Å². The van der Waals surface area contributed by atoms with Crippen molar-refractivity contribution in [2.45, 2.75) is 30.7 Å². The van der Waals surface area contributed by atoms with Crippen LogP contribution in [0.2, 0.25) is 0 Å². The van der Waals surface area contributed by atoms with E-state index < -0.39 is 0 Å². The van der Waals surface area contributed by atoms with Crippen LogP contribution in [0.25, 0.3) is 11.4 Å². The quantitative estimate of drug-likeness (QED) is 0.647. The monoisotopic (exact) mass is 378 g/mol. The van der Waals surface area contributed by atoms with E-state index in [1.54, 1.807) is 0 Å². The zero-order valence-corrected chi connectivity index (χ0v) is 16.5. The molecule has 1 aromatic heterocycles. The number of thioether (sulfide) groups is 1. The number of carbonyl (C=O) groups excluding carboxylic acids is 1. The van der Waals surface area contributed by atoms with E-state index in [-0.39, 0.29) is 11.2 Å². The minimum atomic E-state index is -0.233. The molecule has 0 unspecified atom stereocenters. The van der Waals surface area contributed by atoms with Crippen LogP contribution in [0.1, 0.15) is 18.1 Å². The van der Waals surface area contributed by atoms with Crippen LogP contribution in [-0.2, 0) is 18.3 Å². The fourth-order valence-electron chi connectivity index (χ4n) is 3.47. The Morgan fingerprint density at radius 3 is 2.67 bits per heavy atom. The molecule has 0 fully saturated rings. The molecule has 0 spiro atoms. The van der Waals surface area contributed by atoms with E-state index in [9.17, 15) is 4.79 Å². The SMILES string of the molecule is Cc1ccccc1-c1nnc(S[C@H](C)C(=O)N2CCc3ccccc32)n1C. The van der Waals surface area contributed by atoms with Crippen molar-refractivity contribution < 1.29 is 4.79 Å². The lowest BCUT2D eigenvalue weighted by atomic mass is 10.1. The van der Waals surface area contributed by atoms with Gasteiger partial charge in [0, 0.05) is 24.8 Å². The maximum Gasteiger partial charge on any atom is 0.240 e. The number of nitrogens with zero attached hydrogens (tertiary/aromatic N) is 4. The summed E-state index contributed by atoms with van der Waals surface area (Å²) in [6.45, 7) is 4.75. The Labute approximate surface area is 163 Å². The van der Waals surface area contributed by atoms with Gasteiger partial charge in [0.1, 0.15) is 0 Å². The molecule has 6 heteroatoms. The first-order valence-electron chi connectivity index (χ1n) is 9.07. The number of aryl methyl sites for hydroxylation is 1. The molecule has 0 radical (unpaired) electrons. The highest BCUT2D eigenvalue weighted by molar-refractivity contribution is 8.00. The molecule has 4 rings (SSSR count).